The average molecular weight is 365 g/mol. The number of aryl methyl sites for hydroxylation is 1. The zero-order valence-electron chi connectivity index (χ0n) is 13.8. The van der Waals surface area contributed by atoms with E-state index in [1.54, 1.807) is 28.6 Å². The molecule has 4 nitrogen and oxygen atoms in total. The molecule has 1 aliphatic rings. The van der Waals surface area contributed by atoms with Gasteiger partial charge in [-0.3, -0.25) is 0 Å². The van der Waals surface area contributed by atoms with Crippen LogP contribution >= 0.6 is 11.6 Å². The molecule has 0 unspecified atom stereocenters. The van der Waals surface area contributed by atoms with Crippen molar-refractivity contribution in [3.63, 3.8) is 0 Å². The summed E-state index contributed by atoms with van der Waals surface area (Å²) in [7, 11) is -3.48. The molecule has 3 rings (SSSR count). The number of hydrogen-bond donors (Lipinski definition) is 0. The highest BCUT2D eigenvalue weighted by Gasteiger charge is 2.32. The number of hydrogen-bond acceptors (Lipinski definition) is 3. The Balaban J connectivity index is 1.77. The Kier molecular flexibility index (Phi) is 4.85. The van der Waals surface area contributed by atoms with E-state index in [1.807, 2.05) is 0 Å². The van der Waals surface area contributed by atoms with E-state index in [2.05, 4.69) is 43.0 Å². The lowest BCUT2D eigenvalue weighted by Crippen LogP contribution is -2.53. The van der Waals surface area contributed by atoms with Crippen LogP contribution in [0.5, 0.6) is 0 Å². The second-order valence-electron chi connectivity index (χ2n) is 6.19. The number of sulfonamides is 1. The van der Waals surface area contributed by atoms with Gasteiger partial charge < -0.3 is 4.90 Å². The fraction of sp³-hybridized carbons (Fsp3) is 0.333. The third-order valence-electron chi connectivity index (χ3n) is 4.41. The van der Waals surface area contributed by atoms with Crippen molar-refractivity contribution in [3.05, 3.63) is 59.1 Å². The maximum absolute atomic E-state index is 12.8. The maximum atomic E-state index is 12.8. The van der Waals surface area contributed by atoms with Crippen LogP contribution in [0.1, 0.15) is 12.5 Å². The van der Waals surface area contributed by atoms with Crippen LogP contribution in [0.4, 0.5) is 5.69 Å². The van der Waals surface area contributed by atoms with Gasteiger partial charge >= 0.3 is 0 Å². The van der Waals surface area contributed by atoms with Gasteiger partial charge in [-0.15, -0.1) is 0 Å². The molecule has 1 fully saturated rings. The molecular weight excluding hydrogens is 344 g/mol. The number of benzene rings is 2. The molecule has 0 radical (unpaired) electrons. The Morgan fingerprint density at radius 2 is 1.62 bits per heavy atom. The first-order valence-corrected chi connectivity index (χ1v) is 9.79. The minimum atomic E-state index is -3.48. The molecule has 0 bridgehead atoms. The van der Waals surface area contributed by atoms with Crippen molar-refractivity contribution in [2.75, 3.05) is 24.5 Å². The third kappa shape index (κ3) is 3.43. The van der Waals surface area contributed by atoms with Crippen molar-refractivity contribution in [1.29, 1.82) is 0 Å². The van der Waals surface area contributed by atoms with E-state index >= 15 is 0 Å². The second kappa shape index (κ2) is 6.75. The maximum Gasteiger partial charge on any atom is 0.243 e. The molecule has 0 spiro atoms. The van der Waals surface area contributed by atoms with Crippen molar-refractivity contribution >= 4 is 27.3 Å². The zero-order valence-corrected chi connectivity index (χ0v) is 15.4. The molecule has 2 aromatic rings. The standard InChI is InChI=1S/C18H21ClN2O2S/c1-14-3-7-17(8-4-14)21-12-11-20(13-15(21)2)24(22,23)18-9-5-16(19)6-10-18/h3-10,15H,11-13H2,1-2H3/t15-/m1/s1. The number of piperazine rings is 1. The lowest BCUT2D eigenvalue weighted by atomic mass is 10.1. The third-order valence-corrected chi connectivity index (χ3v) is 6.54. The Labute approximate surface area is 148 Å². The van der Waals surface area contributed by atoms with Crippen LogP contribution in [0.3, 0.4) is 0 Å². The Morgan fingerprint density at radius 1 is 1.00 bits per heavy atom. The zero-order chi connectivity index (χ0) is 17.3. The molecule has 2 aromatic carbocycles. The van der Waals surface area contributed by atoms with Crippen molar-refractivity contribution in [2.45, 2.75) is 24.8 Å². The van der Waals surface area contributed by atoms with Crippen molar-refractivity contribution in [2.24, 2.45) is 0 Å². The van der Waals surface area contributed by atoms with Crippen molar-refractivity contribution < 1.29 is 8.42 Å². The Bertz CT molecular complexity index is 804. The molecule has 0 aliphatic carbocycles. The van der Waals surface area contributed by atoms with E-state index < -0.39 is 10.0 Å². The molecule has 6 heteroatoms. The molecule has 1 saturated heterocycles. The number of nitrogens with zero attached hydrogens (tertiary/aromatic N) is 2. The largest absolute Gasteiger partial charge is 0.366 e. The second-order valence-corrected chi connectivity index (χ2v) is 8.57. The lowest BCUT2D eigenvalue weighted by molar-refractivity contribution is 0.342. The SMILES string of the molecule is Cc1ccc(N2CCN(S(=O)(=O)c3ccc(Cl)cc3)C[C@H]2C)cc1. The summed E-state index contributed by atoms with van der Waals surface area (Å²) in [5, 5.41) is 0.534. The number of halogens is 1. The number of anilines is 1. The predicted molar refractivity (Wildman–Crippen MR) is 98.2 cm³/mol. The molecule has 1 aliphatic heterocycles. The normalized spacial score (nSPS) is 19.5. The number of rotatable bonds is 3. The highest BCUT2D eigenvalue weighted by atomic mass is 35.5. The molecule has 24 heavy (non-hydrogen) atoms. The Hall–Kier alpha value is -1.56. The summed E-state index contributed by atoms with van der Waals surface area (Å²) in [6, 6.07) is 14.8. The summed E-state index contributed by atoms with van der Waals surface area (Å²) in [6.45, 7) is 5.74. The minimum absolute atomic E-state index is 0.114. The monoisotopic (exact) mass is 364 g/mol. The Morgan fingerprint density at radius 3 is 2.21 bits per heavy atom. The first kappa shape index (κ1) is 17.3. The topological polar surface area (TPSA) is 40.6 Å². The van der Waals surface area contributed by atoms with Crippen LogP contribution in [0.2, 0.25) is 5.02 Å². The van der Waals surface area contributed by atoms with E-state index in [9.17, 15) is 8.42 Å². The van der Waals surface area contributed by atoms with E-state index in [0.717, 1.165) is 5.69 Å². The van der Waals surface area contributed by atoms with Gasteiger partial charge in [-0.05, 0) is 50.2 Å². The molecule has 0 N–H and O–H groups in total. The fourth-order valence-corrected chi connectivity index (χ4v) is 4.66. The van der Waals surface area contributed by atoms with Crippen molar-refractivity contribution in [3.8, 4) is 0 Å². The molecule has 128 valence electrons. The van der Waals surface area contributed by atoms with Gasteiger partial charge in [-0.25, -0.2) is 8.42 Å². The molecule has 0 aromatic heterocycles. The summed E-state index contributed by atoms with van der Waals surface area (Å²) in [5.74, 6) is 0. The van der Waals surface area contributed by atoms with Gasteiger partial charge in [0.2, 0.25) is 10.0 Å². The molecule has 1 heterocycles. The van der Waals surface area contributed by atoms with Gasteiger partial charge in [-0.1, -0.05) is 29.3 Å². The lowest BCUT2D eigenvalue weighted by Gasteiger charge is -2.40. The van der Waals surface area contributed by atoms with Gasteiger partial charge in [0.1, 0.15) is 0 Å². The van der Waals surface area contributed by atoms with E-state index in [1.165, 1.54) is 5.56 Å². The first-order valence-electron chi connectivity index (χ1n) is 7.97. The molecule has 0 amide bonds. The summed E-state index contributed by atoms with van der Waals surface area (Å²) < 4.78 is 27.2. The highest BCUT2D eigenvalue weighted by molar-refractivity contribution is 7.89. The van der Waals surface area contributed by atoms with Gasteiger partial charge in [0.25, 0.3) is 0 Å². The average Bonchev–Trinajstić information content (AvgIpc) is 2.56. The van der Waals surface area contributed by atoms with Crippen LogP contribution in [0.25, 0.3) is 0 Å². The van der Waals surface area contributed by atoms with Gasteiger partial charge in [0.15, 0.2) is 0 Å². The van der Waals surface area contributed by atoms with Crippen LogP contribution in [0.15, 0.2) is 53.4 Å². The van der Waals surface area contributed by atoms with E-state index in [-0.39, 0.29) is 6.04 Å². The van der Waals surface area contributed by atoms with Crippen molar-refractivity contribution in [1.82, 2.24) is 4.31 Å². The summed E-state index contributed by atoms with van der Waals surface area (Å²) in [6.07, 6.45) is 0. The van der Waals surface area contributed by atoms with Gasteiger partial charge in [0, 0.05) is 36.4 Å². The quantitative estimate of drug-likeness (QED) is 0.836. The first-order chi connectivity index (χ1) is 11.4. The van der Waals surface area contributed by atoms with Gasteiger partial charge in [0.05, 0.1) is 4.90 Å². The predicted octanol–water partition coefficient (Wildman–Crippen LogP) is 3.55. The highest BCUT2D eigenvalue weighted by Crippen LogP contribution is 2.25. The summed E-state index contributed by atoms with van der Waals surface area (Å²) in [5.41, 5.74) is 2.35. The molecular formula is C18H21ClN2O2S. The van der Waals surface area contributed by atoms with Crippen LogP contribution in [0, 0.1) is 6.92 Å². The van der Waals surface area contributed by atoms with E-state index in [4.69, 9.17) is 11.6 Å². The fourth-order valence-electron chi connectivity index (χ4n) is 3.02. The van der Waals surface area contributed by atoms with Crippen LogP contribution < -0.4 is 4.90 Å². The summed E-state index contributed by atoms with van der Waals surface area (Å²) in [4.78, 5) is 2.55. The smallest absolute Gasteiger partial charge is 0.243 e. The van der Waals surface area contributed by atoms with Gasteiger partial charge in [-0.2, -0.15) is 4.31 Å². The van der Waals surface area contributed by atoms with Crippen LogP contribution in [-0.2, 0) is 10.0 Å². The molecule has 1 atom stereocenters. The summed E-state index contributed by atoms with van der Waals surface area (Å²) >= 11 is 5.85. The molecule has 0 saturated carbocycles. The van der Waals surface area contributed by atoms with E-state index in [0.29, 0.717) is 29.6 Å². The van der Waals surface area contributed by atoms with Crippen LogP contribution in [-0.4, -0.2) is 38.4 Å². The minimum Gasteiger partial charge on any atom is -0.366 e.